The van der Waals surface area contributed by atoms with Gasteiger partial charge in [-0.1, -0.05) is 42.5 Å². The predicted molar refractivity (Wildman–Crippen MR) is 83.2 cm³/mol. The topological polar surface area (TPSA) is 74.0 Å². The molecule has 0 heterocycles. The van der Waals surface area contributed by atoms with Crippen molar-refractivity contribution in [1.82, 2.24) is 0 Å². The summed E-state index contributed by atoms with van der Waals surface area (Å²) in [6.07, 6.45) is 1.64. The summed E-state index contributed by atoms with van der Waals surface area (Å²) in [4.78, 5) is 12.2. The van der Waals surface area contributed by atoms with Crippen LogP contribution in [0.25, 0.3) is 11.6 Å². The first-order chi connectivity index (χ1) is 10.6. The number of carbonyl (C=O) groups is 1. The van der Waals surface area contributed by atoms with Crippen LogP contribution in [0.4, 0.5) is 5.69 Å². The highest BCUT2D eigenvalue weighted by Gasteiger charge is 2.20. The first kappa shape index (κ1) is 15.9. The molecule has 0 aliphatic heterocycles. The second kappa shape index (κ2) is 7.51. The number of quaternary nitrogens is 1. The van der Waals surface area contributed by atoms with E-state index in [1.807, 2.05) is 30.3 Å². The fraction of sp³-hybridized carbons (Fsp3) is 0.118. The molecule has 0 aliphatic carbocycles. The number of ether oxygens (including phenoxy) is 1. The van der Waals surface area contributed by atoms with Crippen molar-refractivity contribution < 1.29 is 20.0 Å². The van der Waals surface area contributed by atoms with Crippen molar-refractivity contribution in [3.63, 3.8) is 0 Å². The zero-order valence-electron chi connectivity index (χ0n) is 12.2. The Hall–Kier alpha value is -2.47. The van der Waals surface area contributed by atoms with Crippen molar-refractivity contribution in [3.8, 4) is 0 Å². The Kier molecular flexibility index (Phi) is 5.43. The molecule has 1 unspecified atom stereocenters. The molecule has 2 aromatic rings. The Morgan fingerprint density at radius 2 is 1.82 bits per heavy atom. The van der Waals surface area contributed by atoms with Gasteiger partial charge >= 0.3 is 5.97 Å². The minimum absolute atomic E-state index is 0.0673. The van der Waals surface area contributed by atoms with Crippen molar-refractivity contribution >= 4 is 23.3 Å². The van der Waals surface area contributed by atoms with Gasteiger partial charge in [-0.2, -0.15) is 5.23 Å². The zero-order chi connectivity index (χ0) is 15.9. The van der Waals surface area contributed by atoms with E-state index in [0.29, 0.717) is 5.56 Å². The third-order valence-corrected chi connectivity index (χ3v) is 3.05. The average Bonchev–Trinajstić information content (AvgIpc) is 2.53. The van der Waals surface area contributed by atoms with Gasteiger partial charge in [0.25, 0.3) is 0 Å². The third kappa shape index (κ3) is 3.79. The first-order valence-electron chi connectivity index (χ1n) is 6.90. The van der Waals surface area contributed by atoms with Crippen molar-refractivity contribution in [2.75, 3.05) is 6.61 Å². The van der Waals surface area contributed by atoms with E-state index < -0.39 is 11.2 Å². The van der Waals surface area contributed by atoms with E-state index in [1.165, 1.54) is 6.07 Å². The molecule has 0 aromatic heterocycles. The average molecular weight is 299 g/mol. The third-order valence-electron chi connectivity index (χ3n) is 3.05. The largest absolute Gasteiger partial charge is 0.595 e. The lowest BCUT2D eigenvalue weighted by atomic mass is 10.0. The predicted octanol–water partition coefficient (Wildman–Crippen LogP) is 2.19. The van der Waals surface area contributed by atoms with Crippen LogP contribution >= 0.6 is 0 Å². The second-order valence-electron chi connectivity index (χ2n) is 4.54. The fourth-order valence-corrected chi connectivity index (χ4v) is 2.08. The van der Waals surface area contributed by atoms with E-state index in [9.17, 15) is 15.2 Å². The summed E-state index contributed by atoms with van der Waals surface area (Å²) in [5, 5.41) is 19.6. The molecule has 0 saturated carbocycles. The number of esters is 1. The maximum atomic E-state index is 12.2. The minimum Gasteiger partial charge on any atom is -0.595 e. The lowest BCUT2D eigenvalue weighted by Gasteiger charge is -2.16. The number of nitrogens with one attached hydrogen (secondary N) is 1. The van der Waals surface area contributed by atoms with Crippen LogP contribution in [0.15, 0.2) is 54.6 Å². The number of rotatable bonds is 5. The van der Waals surface area contributed by atoms with Gasteiger partial charge in [-0.15, -0.1) is 0 Å². The fourth-order valence-electron chi connectivity index (χ4n) is 2.08. The van der Waals surface area contributed by atoms with Crippen molar-refractivity contribution in [2.45, 2.75) is 6.92 Å². The standard InChI is InChI=1S/C17H17NO4/c1-2-22-17(19)15(12-13-8-4-3-5-9-13)14-10-6-7-11-16(14)18(20)21/h3-12,18,20H,2H2,1H3. The molecule has 0 aliphatic rings. The highest BCUT2D eigenvalue weighted by Crippen LogP contribution is 2.24. The molecule has 114 valence electrons. The molecule has 22 heavy (non-hydrogen) atoms. The summed E-state index contributed by atoms with van der Waals surface area (Å²) < 4.78 is 5.07. The Balaban J connectivity index is 2.55. The minimum atomic E-state index is -1.08. The van der Waals surface area contributed by atoms with Crippen molar-refractivity contribution in [1.29, 1.82) is 0 Å². The smallest absolute Gasteiger partial charge is 0.338 e. The molecule has 2 N–H and O–H groups in total. The quantitative estimate of drug-likeness (QED) is 0.384. The summed E-state index contributed by atoms with van der Waals surface area (Å²) in [6.45, 7) is 1.93. The molecule has 5 heteroatoms. The van der Waals surface area contributed by atoms with Crippen LogP contribution in [0, 0.1) is 5.21 Å². The molecule has 2 rings (SSSR count). The Bertz CT molecular complexity index is 665. The van der Waals surface area contributed by atoms with Gasteiger partial charge in [-0.25, -0.2) is 10.0 Å². The van der Waals surface area contributed by atoms with Crippen LogP contribution < -0.4 is 5.23 Å². The summed E-state index contributed by atoms with van der Waals surface area (Å²) in [5.41, 5.74) is 1.44. The number of para-hydroxylation sites is 1. The van der Waals surface area contributed by atoms with E-state index in [-0.39, 0.29) is 17.9 Å². The summed E-state index contributed by atoms with van der Waals surface area (Å²) in [5.74, 6) is -0.542. The molecule has 0 saturated heterocycles. The van der Waals surface area contributed by atoms with E-state index in [4.69, 9.17) is 4.74 Å². The highest BCUT2D eigenvalue weighted by atomic mass is 16.8. The number of hydrogen-bond donors (Lipinski definition) is 2. The van der Waals surface area contributed by atoms with Crippen LogP contribution in [-0.2, 0) is 9.53 Å². The van der Waals surface area contributed by atoms with Gasteiger partial charge in [0, 0.05) is 6.07 Å². The van der Waals surface area contributed by atoms with Crippen LogP contribution in [0.3, 0.4) is 0 Å². The van der Waals surface area contributed by atoms with E-state index in [1.54, 1.807) is 31.2 Å². The lowest BCUT2D eigenvalue weighted by molar-refractivity contribution is -0.991. The lowest BCUT2D eigenvalue weighted by Crippen LogP contribution is -2.99. The van der Waals surface area contributed by atoms with Crippen LogP contribution in [0.1, 0.15) is 18.1 Å². The van der Waals surface area contributed by atoms with Crippen LogP contribution in [-0.4, -0.2) is 17.8 Å². The van der Waals surface area contributed by atoms with Gasteiger partial charge in [-0.05, 0) is 24.6 Å². The molecule has 0 radical (unpaired) electrons. The SMILES string of the molecule is CCOC(=O)C(=Cc1ccccc1)c1ccccc1[NH+]([O-])O. The molecule has 5 nitrogen and oxygen atoms in total. The zero-order valence-corrected chi connectivity index (χ0v) is 12.2. The van der Waals surface area contributed by atoms with E-state index >= 15 is 0 Å². The monoisotopic (exact) mass is 299 g/mol. The second-order valence-corrected chi connectivity index (χ2v) is 4.54. The maximum absolute atomic E-state index is 12.2. The highest BCUT2D eigenvalue weighted by molar-refractivity contribution is 6.22. The summed E-state index contributed by atoms with van der Waals surface area (Å²) >= 11 is 0. The molecule has 1 atom stereocenters. The first-order valence-corrected chi connectivity index (χ1v) is 6.90. The van der Waals surface area contributed by atoms with Crippen molar-refractivity contribution in [2.24, 2.45) is 0 Å². The van der Waals surface area contributed by atoms with Gasteiger partial charge < -0.3 is 9.94 Å². The maximum Gasteiger partial charge on any atom is 0.338 e. The summed E-state index contributed by atoms with van der Waals surface area (Å²) in [6, 6.07) is 15.6. The number of carbonyl (C=O) groups excluding carboxylic acids is 1. The van der Waals surface area contributed by atoms with Gasteiger partial charge in [0.1, 0.15) is 0 Å². The van der Waals surface area contributed by atoms with Gasteiger partial charge in [0.15, 0.2) is 5.69 Å². The normalized spacial score (nSPS) is 12.8. The molecule has 0 amide bonds. The van der Waals surface area contributed by atoms with Crippen LogP contribution in [0.5, 0.6) is 0 Å². The van der Waals surface area contributed by atoms with Gasteiger partial charge in [-0.3, -0.25) is 0 Å². The Morgan fingerprint density at radius 3 is 2.45 bits per heavy atom. The van der Waals surface area contributed by atoms with Crippen molar-refractivity contribution in [3.05, 3.63) is 70.9 Å². The Morgan fingerprint density at radius 1 is 1.18 bits per heavy atom. The summed E-state index contributed by atoms with van der Waals surface area (Å²) in [7, 11) is 0. The van der Waals surface area contributed by atoms with Gasteiger partial charge in [0.05, 0.1) is 17.7 Å². The molecule has 0 bridgehead atoms. The molecule has 2 aromatic carbocycles. The van der Waals surface area contributed by atoms with Crippen LogP contribution in [0.2, 0.25) is 0 Å². The van der Waals surface area contributed by atoms with E-state index in [0.717, 1.165) is 5.56 Å². The molecule has 0 fully saturated rings. The van der Waals surface area contributed by atoms with Gasteiger partial charge in [0.2, 0.25) is 0 Å². The molecule has 0 spiro atoms. The molecular formula is C17H17NO4. The number of hydrogen-bond acceptors (Lipinski definition) is 4. The molecular weight excluding hydrogens is 282 g/mol. The Labute approximate surface area is 128 Å². The van der Waals surface area contributed by atoms with E-state index in [2.05, 4.69) is 0 Å². The number of benzene rings is 2.